The molecule has 0 bridgehead atoms. The molecular weight excluding hydrogens is 657 g/mol. The smallest absolute Gasteiger partial charge is 0.410 e. The summed E-state index contributed by atoms with van der Waals surface area (Å²) in [7, 11) is -3.90. The Labute approximate surface area is 275 Å². The van der Waals surface area contributed by atoms with E-state index in [0.717, 1.165) is 0 Å². The summed E-state index contributed by atoms with van der Waals surface area (Å²) < 4.78 is 47.2. The fourth-order valence-electron chi connectivity index (χ4n) is 6.07. The molecule has 0 spiro atoms. The molecule has 6 rings (SSSR count). The number of fused-ring (bicyclic) bond motifs is 1. The first-order valence-electron chi connectivity index (χ1n) is 15.1. The predicted octanol–water partition coefficient (Wildman–Crippen LogP) is 1.86. The molecule has 5 atom stereocenters. The molecule has 4 aliphatic rings. The average molecular weight is 690 g/mol. The van der Waals surface area contributed by atoms with Crippen molar-refractivity contribution < 1.29 is 36.7 Å². The monoisotopic (exact) mass is 689 g/mol. The van der Waals surface area contributed by atoms with E-state index in [9.17, 15) is 32.0 Å². The van der Waals surface area contributed by atoms with Crippen LogP contribution in [0.15, 0.2) is 43.1 Å². The van der Waals surface area contributed by atoms with Gasteiger partial charge >= 0.3 is 6.09 Å². The molecule has 2 aliphatic carbocycles. The molecule has 1 aromatic carbocycles. The van der Waals surface area contributed by atoms with Crippen LogP contribution in [-0.4, -0.2) is 87.5 Å². The Bertz CT molecular complexity index is 1760. The lowest BCUT2D eigenvalue weighted by molar-refractivity contribution is -0.140. The number of aromatic nitrogens is 2. The maximum atomic E-state index is 14.3. The maximum Gasteiger partial charge on any atom is 0.410 e. The highest BCUT2D eigenvalue weighted by molar-refractivity contribution is 7.91. The van der Waals surface area contributed by atoms with Crippen LogP contribution < -0.4 is 15.4 Å². The molecule has 4 amide bonds. The van der Waals surface area contributed by atoms with E-state index in [0.29, 0.717) is 24.0 Å². The summed E-state index contributed by atoms with van der Waals surface area (Å²) >= 11 is 5.88. The highest BCUT2D eigenvalue weighted by Crippen LogP contribution is 2.45. The number of carbonyl (C=O) groups excluding carboxylic acids is 4. The summed E-state index contributed by atoms with van der Waals surface area (Å²) in [6, 6.07) is 3.98. The van der Waals surface area contributed by atoms with Gasteiger partial charge in [0.2, 0.25) is 27.1 Å². The third kappa shape index (κ3) is 6.61. The normalized spacial score (nSPS) is 25.4. The van der Waals surface area contributed by atoms with E-state index < -0.39 is 74.5 Å². The van der Waals surface area contributed by atoms with Gasteiger partial charge in [-0.2, -0.15) is 0 Å². The number of ether oxygens (including phenoxy) is 1. The molecule has 14 nitrogen and oxygen atoms in total. The molecular formula is C30H33ClFN7O7S. The lowest BCUT2D eigenvalue weighted by Crippen LogP contribution is -2.57. The van der Waals surface area contributed by atoms with Gasteiger partial charge in [0, 0.05) is 30.6 Å². The number of amides is 4. The number of sulfonamides is 1. The Balaban J connectivity index is 1.19. The van der Waals surface area contributed by atoms with E-state index in [1.165, 1.54) is 34.2 Å². The van der Waals surface area contributed by atoms with Crippen LogP contribution in [0.3, 0.4) is 0 Å². The second-order valence-corrected chi connectivity index (χ2v) is 14.5. The standard InChI is InChI=1S/C30H33ClFN7O7S/c1-3-18-12-30(18,27(42)37-47(44,45)20-7-8-20)36-25(40)23-11-19(46-29(43)38-13-17-5-4-6-22(32)21(17)15-38)14-39(23)26(41)16(2)34-24-9-10-33-28(31)35-24/h3-6,9-10,16,18-20,23H,1,7-8,11-15H2,2H3,(H,36,40)(H,37,42)(H,33,34,35)/t16?,18-,19?,23+,30-/m1/s1. The van der Waals surface area contributed by atoms with Gasteiger partial charge in [0.05, 0.1) is 18.3 Å². The Morgan fingerprint density at radius 3 is 2.64 bits per heavy atom. The van der Waals surface area contributed by atoms with Crippen molar-refractivity contribution in [2.75, 3.05) is 11.9 Å². The van der Waals surface area contributed by atoms with E-state index >= 15 is 0 Å². The Hall–Kier alpha value is -4.31. The molecule has 2 aliphatic heterocycles. The Kier molecular flexibility index (Phi) is 8.59. The number of rotatable bonds is 10. The second kappa shape index (κ2) is 12.4. The molecule has 250 valence electrons. The number of halogens is 2. The van der Waals surface area contributed by atoms with Crippen molar-refractivity contribution in [3.63, 3.8) is 0 Å². The summed E-state index contributed by atoms with van der Waals surface area (Å²) in [4.78, 5) is 64.5. The molecule has 0 radical (unpaired) electrons. The van der Waals surface area contributed by atoms with Gasteiger partial charge < -0.3 is 20.3 Å². The minimum absolute atomic E-state index is 0.00685. The summed E-state index contributed by atoms with van der Waals surface area (Å²) in [6.07, 6.45) is 2.09. The largest absolute Gasteiger partial charge is 0.444 e. The first-order valence-corrected chi connectivity index (χ1v) is 17.0. The third-order valence-electron chi connectivity index (χ3n) is 8.91. The van der Waals surface area contributed by atoms with Gasteiger partial charge in [0.1, 0.15) is 35.4 Å². The summed E-state index contributed by atoms with van der Waals surface area (Å²) in [5, 5.41) is 4.91. The van der Waals surface area contributed by atoms with Gasteiger partial charge in [0.15, 0.2) is 0 Å². The zero-order chi connectivity index (χ0) is 33.7. The van der Waals surface area contributed by atoms with Crippen LogP contribution in [-0.2, 0) is 42.2 Å². The van der Waals surface area contributed by atoms with E-state index in [4.69, 9.17) is 16.3 Å². The molecule has 3 N–H and O–H groups in total. The average Bonchev–Trinajstić information content (AvgIpc) is 3.91. The lowest BCUT2D eigenvalue weighted by atomic mass is 10.1. The van der Waals surface area contributed by atoms with Crippen LogP contribution in [0.1, 0.15) is 43.7 Å². The molecule has 1 saturated heterocycles. The van der Waals surface area contributed by atoms with Gasteiger partial charge in [-0.1, -0.05) is 18.2 Å². The number of benzene rings is 1. The molecule has 3 heterocycles. The minimum Gasteiger partial charge on any atom is -0.444 e. The van der Waals surface area contributed by atoms with Gasteiger partial charge in [0.25, 0.3) is 5.91 Å². The van der Waals surface area contributed by atoms with Crippen molar-refractivity contribution in [1.29, 1.82) is 0 Å². The van der Waals surface area contributed by atoms with E-state index in [-0.39, 0.29) is 43.6 Å². The number of nitrogens with one attached hydrogen (secondary N) is 3. The summed E-state index contributed by atoms with van der Waals surface area (Å²) in [5.74, 6) is -2.86. The van der Waals surface area contributed by atoms with Gasteiger partial charge in [-0.3, -0.25) is 24.0 Å². The van der Waals surface area contributed by atoms with Crippen molar-refractivity contribution >= 4 is 51.3 Å². The van der Waals surface area contributed by atoms with Crippen molar-refractivity contribution in [2.45, 2.75) is 74.7 Å². The van der Waals surface area contributed by atoms with Gasteiger partial charge in [-0.05, 0) is 55.5 Å². The molecule has 47 heavy (non-hydrogen) atoms. The summed E-state index contributed by atoms with van der Waals surface area (Å²) in [5.41, 5.74) is -0.527. The first-order chi connectivity index (χ1) is 22.3. The number of likely N-dealkylation sites (tertiary alicyclic amines) is 1. The van der Waals surface area contributed by atoms with E-state index in [1.807, 2.05) is 0 Å². The van der Waals surface area contributed by atoms with Crippen molar-refractivity contribution in [3.8, 4) is 0 Å². The van der Waals surface area contributed by atoms with Crippen LogP contribution >= 0.6 is 11.6 Å². The summed E-state index contributed by atoms with van der Waals surface area (Å²) in [6.45, 7) is 5.24. The fraction of sp³-hybridized carbons (Fsp3) is 0.467. The number of carbonyl (C=O) groups is 4. The Morgan fingerprint density at radius 1 is 1.21 bits per heavy atom. The second-order valence-electron chi connectivity index (χ2n) is 12.2. The highest BCUT2D eigenvalue weighted by Gasteiger charge is 2.62. The number of anilines is 1. The van der Waals surface area contributed by atoms with E-state index in [1.54, 1.807) is 19.1 Å². The topological polar surface area (TPSA) is 180 Å². The van der Waals surface area contributed by atoms with Crippen LogP contribution in [0.2, 0.25) is 5.28 Å². The molecule has 2 saturated carbocycles. The number of hydrogen-bond acceptors (Lipinski definition) is 10. The third-order valence-corrected chi connectivity index (χ3v) is 10.9. The number of hydrogen-bond donors (Lipinski definition) is 3. The molecule has 2 unspecified atom stereocenters. The lowest BCUT2D eigenvalue weighted by Gasteiger charge is -2.28. The fourth-order valence-corrected chi connectivity index (χ4v) is 7.58. The van der Waals surface area contributed by atoms with Crippen LogP contribution in [0.5, 0.6) is 0 Å². The van der Waals surface area contributed by atoms with Gasteiger partial charge in [-0.15, -0.1) is 6.58 Å². The number of nitrogens with zero attached hydrogens (tertiary/aromatic N) is 4. The minimum atomic E-state index is -3.90. The van der Waals surface area contributed by atoms with Crippen molar-refractivity contribution in [2.24, 2.45) is 5.92 Å². The molecule has 1 aromatic heterocycles. The van der Waals surface area contributed by atoms with Crippen molar-refractivity contribution in [3.05, 3.63) is 65.3 Å². The first kappa shape index (κ1) is 32.6. The maximum absolute atomic E-state index is 14.3. The zero-order valence-electron chi connectivity index (χ0n) is 25.3. The molecule has 3 fully saturated rings. The molecule has 17 heteroatoms. The van der Waals surface area contributed by atoms with Crippen LogP contribution in [0.4, 0.5) is 15.0 Å². The zero-order valence-corrected chi connectivity index (χ0v) is 26.9. The molecule has 2 aromatic rings. The van der Waals surface area contributed by atoms with Gasteiger partial charge in [-0.25, -0.2) is 27.6 Å². The quantitative estimate of drug-likeness (QED) is 0.246. The van der Waals surface area contributed by atoms with Crippen molar-refractivity contribution in [1.82, 2.24) is 29.8 Å². The predicted molar refractivity (Wildman–Crippen MR) is 165 cm³/mol. The Morgan fingerprint density at radius 2 is 1.98 bits per heavy atom. The van der Waals surface area contributed by atoms with Crippen LogP contribution in [0, 0.1) is 11.7 Å². The van der Waals surface area contributed by atoms with E-state index in [2.05, 4.69) is 31.9 Å². The SMILES string of the molecule is C=C[C@@H]1C[C@]1(NC(=O)[C@@H]1CC(OC(=O)N2Cc3cccc(F)c3C2)CN1C(=O)C(C)Nc1ccnc(Cl)n1)C(=O)NS(=O)(=O)C1CC1. The van der Waals surface area contributed by atoms with Crippen LogP contribution in [0.25, 0.3) is 0 Å². The highest BCUT2D eigenvalue weighted by atomic mass is 35.5.